The predicted octanol–water partition coefficient (Wildman–Crippen LogP) is 2.85. The summed E-state index contributed by atoms with van der Waals surface area (Å²) >= 11 is 0. The molecule has 0 bridgehead atoms. The van der Waals surface area contributed by atoms with Gasteiger partial charge in [-0.3, -0.25) is 0 Å². The zero-order chi connectivity index (χ0) is 28.3. The maximum atomic E-state index is 11.5. The van der Waals surface area contributed by atoms with Gasteiger partial charge in [0.15, 0.2) is 11.5 Å². The van der Waals surface area contributed by atoms with E-state index in [-0.39, 0.29) is 4.90 Å². The van der Waals surface area contributed by atoms with E-state index in [1.807, 2.05) is 36.4 Å². The molecule has 0 atom stereocenters. The summed E-state index contributed by atoms with van der Waals surface area (Å²) in [5.41, 5.74) is 3.09. The van der Waals surface area contributed by atoms with Crippen LogP contribution in [0.5, 0.6) is 17.2 Å². The van der Waals surface area contributed by atoms with E-state index in [4.69, 9.17) is 34.4 Å². The minimum absolute atomic E-state index is 0.0698. The summed E-state index contributed by atoms with van der Waals surface area (Å²) in [7, 11) is 1.09. The van der Waals surface area contributed by atoms with Crippen LogP contribution in [-0.2, 0) is 29.7 Å². The van der Waals surface area contributed by atoms with Gasteiger partial charge < -0.3 is 24.8 Å². The number of fused-ring (bicyclic) bond motifs is 3. The molecule has 0 amide bonds. The minimum Gasteiger partial charge on any atom is -0.497 e. The zero-order valence-corrected chi connectivity index (χ0v) is 23.0. The first-order valence-corrected chi connectivity index (χ1v) is 13.8. The molecule has 2 heterocycles. The third-order valence-corrected chi connectivity index (χ3v) is 7.25. The lowest BCUT2D eigenvalue weighted by molar-refractivity contribution is 0.391. The molecule has 12 nitrogen and oxygen atoms in total. The number of para-hydroxylation sites is 1. The van der Waals surface area contributed by atoms with Crippen LogP contribution in [-0.4, -0.2) is 49.3 Å². The first-order valence-electron chi connectivity index (χ1n) is 12.3. The Morgan fingerprint density at radius 2 is 1.65 bits per heavy atom. The number of anilines is 1. The maximum absolute atomic E-state index is 11.5. The number of hydrogen-bond donors (Lipinski definition) is 3. The van der Waals surface area contributed by atoms with Gasteiger partial charge in [0, 0.05) is 30.1 Å². The predicted molar refractivity (Wildman–Crippen MR) is 150 cm³/mol. The van der Waals surface area contributed by atoms with E-state index in [0.717, 1.165) is 16.5 Å². The van der Waals surface area contributed by atoms with Crippen molar-refractivity contribution in [1.82, 2.24) is 24.9 Å². The largest absolute Gasteiger partial charge is 0.497 e. The van der Waals surface area contributed by atoms with Gasteiger partial charge in [-0.05, 0) is 42.0 Å². The van der Waals surface area contributed by atoms with Crippen LogP contribution in [0, 0.1) is 0 Å². The van der Waals surface area contributed by atoms with E-state index >= 15 is 0 Å². The molecule has 0 unspecified atom stereocenters. The number of aromatic nitrogens is 4. The lowest BCUT2D eigenvalue weighted by atomic mass is 10.2. The Balaban J connectivity index is 1.42. The summed E-state index contributed by atoms with van der Waals surface area (Å²) < 4.78 is 41.1. The van der Waals surface area contributed by atoms with Crippen LogP contribution in [0.4, 0.5) is 5.95 Å². The monoisotopic (exact) mass is 563 g/mol. The van der Waals surface area contributed by atoms with Gasteiger partial charge in [0.1, 0.15) is 22.8 Å². The van der Waals surface area contributed by atoms with Crippen molar-refractivity contribution in [1.29, 1.82) is 0 Å². The van der Waals surface area contributed by atoms with Crippen LogP contribution >= 0.6 is 0 Å². The van der Waals surface area contributed by atoms with Crippen molar-refractivity contribution in [2.45, 2.75) is 24.5 Å². The van der Waals surface area contributed by atoms with Gasteiger partial charge in [0.2, 0.25) is 16.0 Å². The van der Waals surface area contributed by atoms with E-state index in [1.54, 1.807) is 38.0 Å². The third kappa shape index (κ3) is 5.61. The normalized spacial score (nSPS) is 11.6. The summed E-state index contributed by atoms with van der Waals surface area (Å²) in [6.45, 7) is 1.27. The summed E-state index contributed by atoms with van der Waals surface area (Å²) in [5.74, 6) is 3.05. The van der Waals surface area contributed by atoms with Gasteiger partial charge >= 0.3 is 0 Å². The highest BCUT2D eigenvalue weighted by Gasteiger charge is 2.17. The van der Waals surface area contributed by atoms with Crippen LogP contribution in [0.1, 0.15) is 17.0 Å². The summed E-state index contributed by atoms with van der Waals surface area (Å²) in [5, 5.41) is 17.3. The molecule has 0 aliphatic rings. The molecule has 4 N–H and O–H groups in total. The van der Waals surface area contributed by atoms with Crippen molar-refractivity contribution < 1.29 is 22.6 Å². The number of sulfonamides is 1. The number of nitrogens with one attached hydrogen (secondary N) is 2. The molecule has 0 radical (unpaired) electrons. The highest BCUT2D eigenvalue weighted by molar-refractivity contribution is 7.89. The van der Waals surface area contributed by atoms with Gasteiger partial charge in [-0.2, -0.15) is 4.52 Å². The van der Waals surface area contributed by atoms with Gasteiger partial charge in [-0.25, -0.2) is 23.5 Å². The SMILES string of the molecule is COc1ccc(CNc2nc3c(OC)cccc3c3nc(CNCc4ccc(S(N)(=O)=O)cc4)nn23)c(OC)c1. The molecule has 40 heavy (non-hydrogen) atoms. The lowest BCUT2D eigenvalue weighted by Crippen LogP contribution is -2.15. The van der Waals surface area contributed by atoms with E-state index in [0.29, 0.717) is 59.8 Å². The molecule has 0 spiro atoms. The van der Waals surface area contributed by atoms with Gasteiger partial charge in [-0.15, -0.1) is 5.10 Å². The summed E-state index contributed by atoms with van der Waals surface area (Å²) in [6.07, 6.45) is 0. The Morgan fingerprint density at radius 1 is 0.875 bits per heavy atom. The molecule has 5 rings (SSSR count). The topological polar surface area (TPSA) is 155 Å². The smallest absolute Gasteiger partial charge is 0.238 e. The van der Waals surface area contributed by atoms with Crippen LogP contribution in [0.25, 0.3) is 16.6 Å². The summed E-state index contributed by atoms with van der Waals surface area (Å²) in [4.78, 5) is 9.68. The van der Waals surface area contributed by atoms with Crippen LogP contribution in [0.15, 0.2) is 65.6 Å². The number of hydrogen-bond acceptors (Lipinski definition) is 10. The van der Waals surface area contributed by atoms with Crippen molar-refractivity contribution in [3.8, 4) is 17.2 Å². The van der Waals surface area contributed by atoms with Crippen molar-refractivity contribution in [3.05, 3.63) is 77.6 Å². The first kappa shape index (κ1) is 27.1. The number of ether oxygens (including phenoxy) is 3. The number of nitrogens with two attached hydrogens (primary N) is 1. The van der Waals surface area contributed by atoms with Crippen LogP contribution < -0.4 is 30.0 Å². The Labute approximate surface area is 231 Å². The molecule has 0 aliphatic carbocycles. The van der Waals surface area contributed by atoms with E-state index in [9.17, 15) is 8.42 Å². The molecule has 0 fully saturated rings. The van der Waals surface area contributed by atoms with E-state index in [1.165, 1.54) is 12.1 Å². The molecular formula is C27H29N7O5S. The Bertz CT molecular complexity index is 1770. The number of primary sulfonamides is 1. The fourth-order valence-corrected chi connectivity index (χ4v) is 4.81. The molecule has 2 aromatic heterocycles. The number of methoxy groups -OCH3 is 3. The fraction of sp³-hybridized carbons (Fsp3) is 0.222. The van der Waals surface area contributed by atoms with Crippen molar-refractivity contribution in [2.24, 2.45) is 5.14 Å². The molecule has 0 aliphatic heterocycles. The first-order chi connectivity index (χ1) is 19.3. The maximum Gasteiger partial charge on any atom is 0.238 e. The van der Waals surface area contributed by atoms with Crippen molar-refractivity contribution >= 4 is 32.5 Å². The van der Waals surface area contributed by atoms with Crippen molar-refractivity contribution in [2.75, 3.05) is 26.6 Å². The Hall–Kier alpha value is -4.46. The minimum atomic E-state index is -3.73. The Morgan fingerprint density at radius 3 is 2.35 bits per heavy atom. The van der Waals surface area contributed by atoms with Crippen LogP contribution in [0.2, 0.25) is 0 Å². The molecule has 0 saturated carbocycles. The Kier molecular flexibility index (Phi) is 7.69. The lowest BCUT2D eigenvalue weighted by Gasteiger charge is -2.13. The second-order valence-electron chi connectivity index (χ2n) is 8.88. The van der Waals surface area contributed by atoms with Gasteiger partial charge in [0.05, 0.1) is 32.8 Å². The van der Waals surface area contributed by atoms with E-state index in [2.05, 4.69) is 10.6 Å². The van der Waals surface area contributed by atoms with Crippen LogP contribution in [0.3, 0.4) is 0 Å². The molecule has 5 aromatic rings. The average Bonchev–Trinajstić information content (AvgIpc) is 3.40. The number of rotatable bonds is 11. The standard InChI is InChI=1S/C27H29N7O5S/c1-37-19-10-9-18(23(13-19)39-3)15-30-27-32-25-21(5-4-6-22(25)38-2)26-31-24(33-34(26)27)16-29-14-17-7-11-20(12-8-17)40(28,35)36/h4-13,29H,14-16H2,1-3H3,(H,30,32)(H2,28,35,36). The zero-order valence-electron chi connectivity index (χ0n) is 22.2. The number of benzene rings is 3. The fourth-order valence-electron chi connectivity index (χ4n) is 4.29. The number of nitrogens with zero attached hydrogens (tertiary/aromatic N) is 4. The van der Waals surface area contributed by atoms with Crippen molar-refractivity contribution in [3.63, 3.8) is 0 Å². The second kappa shape index (κ2) is 11.3. The highest BCUT2D eigenvalue weighted by Crippen LogP contribution is 2.29. The highest BCUT2D eigenvalue weighted by atomic mass is 32.2. The second-order valence-corrected chi connectivity index (χ2v) is 10.4. The molecular weight excluding hydrogens is 534 g/mol. The quantitative estimate of drug-likeness (QED) is 0.218. The summed E-state index contributed by atoms with van der Waals surface area (Å²) in [6, 6.07) is 17.7. The average molecular weight is 564 g/mol. The van der Waals surface area contributed by atoms with Gasteiger partial charge in [0.25, 0.3) is 0 Å². The molecule has 13 heteroatoms. The molecule has 3 aromatic carbocycles. The third-order valence-electron chi connectivity index (χ3n) is 6.32. The molecule has 208 valence electrons. The molecule has 0 saturated heterocycles. The van der Waals surface area contributed by atoms with Gasteiger partial charge in [-0.1, -0.05) is 18.2 Å². The van der Waals surface area contributed by atoms with E-state index < -0.39 is 10.0 Å².